The number of nitrogens with one attached hydrogen (secondary N) is 2. The number of phenols is 1. The molecule has 4 heteroatoms. The van der Waals surface area contributed by atoms with Crippen LogP contribution in [-0.4, -0.2) is 24.7 Å². The van der Waals surface area contributed by atoms with Crippen molar-refractivity contribution in [3.05, 3.63) is 27.3 Å². The molecule has 0 amide bonds. The van der Waals surface area contributed by atoms with Crippen molar-refractivity contribution < 1.29 is 5.11 Å². The Morgan fingerprint density at radius 3 is 2.93 bits per heavy atom. The topological polar surface area (TPSA) is 44.3 Å². The van der Waals surface area contributed by atoms with Crippen LogP contribution in [-0.2, 0) is 0 Å². The maximum Gasteiger partial charge on any atom is 0.120 e. The van der Waals surface area contributed by atoms with Crippen LogP contribution in [0.4, 0.5) is 0 Å². The van der Waals surface area contributed by atoms with Gasteiger partial charge in [-0.25, -0.2) is 0 Å². The maximum absolute atomic E-state index is 9.72. The molecule has 0 spiro atoms. The van der Waals surface area contributed by atoms with Crippen LogP contribution in [0.1, 0.15) is 11.6 Å². The summed E-state index contributed by atoms with van der Waals surface area (Å²) in [4.78, 5) is 0. The van der Waals surface area contributed by atoms with E-state index >= 15 is 0 Å². The third-order valence-electron chi connectivity index (χ3n) is 2.41. The third kappa shape index (κ3) is 2.18. The first-order valence-electron chi connectivity index (χ1n) is 4.70. The fourth-order valence-corrected chi connectivity index (χ4v) is 2.19. The highest BCUT2D eigenvalue weighted by molar-refractivity contribution is 14.1. The second-order valence-corrected chi connectivity index (χ2v) is 4.66. The van der Waals surface area contributed by atoms with Gasteiger partial charge in [0, 0.05) is 34.8 Å². The summed E-state index contributed by atoms with van der Waals surface area (Å²) in [5, 5.41) is 16.4. The quantitative estimate of drug-likeness (QED) is 0.684. The number of piperazine rings is 1. The standard InChI is InChI=1S/C10H13IN2O/c11-7-1-2-10(14)8(5-7)9-6-12-3-4-13-9/h1-2,5,9,12-14H,3-4,6H2. The van der Waals surface area contributed by atoms with Gasteiger partial charge in [-0.1, -0.05) is 0 Å². The molecule has 1 aliphatic rings. The third-order valence-corrected chi connectivity index (χ3v) is 3.08. The maximum atomic E-state index is 9.72. The van der Waals surface area contributed by atoms with Crippen LogP contribution in [0.3, 0.4) is 0 Å². The molecule has 0 saturated carbocycles. The Hall–Kier alpha value is -0.330. The highest BCUT2D eigenvalue weighted by Crippen LogP contribution is 2.26. The molecule has 0 bridgehead atoms. The second-order valence-electron chi connectivity index (χ2n) is 3.41. The van der Waals surface area contributed by atoms with Crippen LogP contribution in [0.15, 0.2) is 18.2 Å². The van der Waals surface area contributed by atoms with Gasteiger partial charge >= 0.3 is 0 Å². The molecule has 3 N–H and O–H groups in total. The van der Waals surface area contributed by atoms with E-state index < -0.39 is 0 Å². The molecular weight excluding hydrogens is 291 g/mol. The Morgan fingerprint density at radius 2 is 2.21 bits per heavy atom. The molecule has 1 aliphatic heterocycles. The van der Waals surface area contributed by atoms with Gasteiger partial charge in [0.25, 0.3) is 0 Å². The molecule has 1 unspecified atom stereocenters. The largest absolute Gasteiger partial charge is 0.508 e. The first-order valence-corrected chi connectivity index (χ1v) is 5.78. The molecule has 76 valence electrons. The van der Waals surface area contributed by atoms with E-state index in [9.17, 15) is 5.11 Å². The van der Waals surface area contributed by atoms with Crippen molar-refractivity contribution >= 4 is 22.6 Å². The van der Waals surface area contributed by atoms with Gasteiger partial charge in [-0.15, -0.1) is 0 Å². The van der Waals surface area contributed by atoms with Crippen LogP contribution >= 0.6 is 22.6 Å². The summed E-state index contributed by atoms with van der Waals surface area (Å²) in [5.74, 6) is 0.381. The smallest absolute Gasteiger partial charge is 0.120 e. The van der Waals surface area contributed by atoms with Crippen LogP contribution in [0.2, 0.25) is 0 Å². The monoisotopic (exact) mass is 304 g/mol. The zero-order chi connectivity index (χ0) is 9.97. The molecule has 0 radical (unpaired) electrons. The van der Waals surface area contributed by atoms with Crippen molar-refractivity contribution in [1.82, 2.24) is 10.6 Å². The van der Waals surface area contributed by atoms with Crippen molar-refractivity contribution in [2.45, 2.75) is 6.04 Å². The number of hydrogen-bond donors (Lipinski definition) is 3. The van der Waals surface area contributed by atoms with Crippen molar-refractivity contribution in [3.8, 4) is 5.75 Å². The molecule has 1 heterocycles. The molecule has 1 saturated heterocycles. The predicted octanol–water partition coefficient (Wildman–Crippen LogP) is 1.23. The lowest BCUT2D eigenvalue weighted by Gasteiger charge is -2.25. The Bertz CT molecular complexity index is 324. The minimum atomic E-state index is 0.235. The highest BCUT2D eigenvalue weighted by atomic mass is 127. The summed E-state index contributed by atoms with van der Waals surface area (Å²) in [5.41, 5.74) is 0.990. The fourth-order valence-electron chi connectivity index (χ4n) is 1.68. The van der Waals surface area contributed by atoms with Gasteiger partial charge in [-0.2, -0.15) is 0 Å². The summed E-state index contributed by atoms with van der Waals surface area (Å²) in [7, 11) is 0. The molecule has 0 aliphatic carbocycles. The van der Waals surface area contributed by atoms with E-state index in [4.69, 9.17) is 0 Å². The number of benzene rings is 1. The van der Waals surface area contributed by atoms with Crippen molar-refractivity contribution in [2.75, 3.05) is 19.6 Å². The fraction of sp³-hybridized carbons (Fsp3) is 0.400. The van der Waals surface area contributed by atoms with Crippen molar-refractivity contribution in [1.29, 1.82) is 0 Å². The molecule has 2 rings (SSSR count). The van der Waals surface area contributed by atoms with E-state index in [2.05, 4.69) is 33.2 Å². The van der Waals surface area contributed by atoms with Crippen LogP contribution in [0.25, 0.3) is 0 Å². The zero-order valence-corrected chi connectivity index (χ0v) is 9.91. The normalized spacial score (nSPS) is 22.2. The summed E-state index contributed by atoms with van der Waals surface area (Å²) in [6, 6.07) is 5.93. The van der Waals surface area contributed by atoms with Gasteiger partial charge in [0.15, 0.2) is 0 Å². The second kappa shape index (κ2) is 4.46. The van der Waals surface area contributed by atoms with Gasteiger partial charge in [-0.05, 0) is 40.8 Å². The molecular formula is C10H13IN2O. The van der Waals surface area contributed by atoms with Crippen molar-refractivity contribution in [2.24, 2.45) is 0 Å². The minimum Gasteiger partial charge on any atom is -0.508 e. The Morgan fingerprint density at radius 1 is 1.36 bits per heavy atom. The van der Waals surface area contributed by atoms with E-state index in [1.165, 1.54) is 0 Å². The van der Waals surface area contributed by atoms with E-state index in [1.807, 2.05) is 12.1 Å². The molecule has 14 heavy (non-hydrogen) atoms. The number of hydrogen-bond acceptors (Lipinski definition) is 3. The van der Waals surface area contributed by atoms with Crippen LogP contribution < -0.4 is 10.6 Å². The van der Waals surface area contributed by atoms with Crippen LogP contribution in [0.5, 0.6) is 5.75 Å². The summed E-state index contributed by atoms with van der Waals surface area (Å²) in [6.45, 7) is 2.84. The Kier molecular flexibility index (Phi) is 3.25. The first-order chi connectivity index (χ1) is 6.77. The SMILES string of the molecule is Oc1ccc(I)cc1C1CNCCN1. The lowest BCUT2D eigenvalue weighted by atomic mass is 10.0. The Balaban J connectivity index is 2.24. The number of rotatable bonds is 1. The molecule has 1 fully saturated rings. The van der Waals surface area contributed by atoms with Gasteiger partial charge in [-0.3, -0.25) is 0 Å². The van der Waals surface area contributed by atoms with E-state index in [0.717, 1.165) is 28.8 Å². The van der Waals surface area contributed by atoms with Gasteiger partial charge in [0.05, 0.1) is 0 Å². The van der Waals surface area contributed by atoms with Crippen molar-refractivity contribution in [3.63, 3.8) is 0 Å². The molecule has 1 atom stereocenters. The van der Waals surface area contributed by atoms with Gasteiger partial charge < -0.3 is 15.7 Å². The average molecular weight is 304 g/mol. The summed E-state index contributed by atoms with van der Waals surface area (Å²) < 4.78 is 1.16. The molecule has 3 nitrogen and oxygen atoms in total. The zero-order valence-electron chi connectivity index (χ0n) is 7.76. The lowest BCUT2D eigenvalue weighted by molar-refractivity contribution is 0.404. The molecule has 1 aromatic rings. The lowest BCUT2D eigenvalue weighted by Crippen LogP contribution is -2.42. The summed E-state index contributed by atoms with van der Waals surface area (Å²) >= 11 is 2.26. The van der Waals surface area contributed by atoms with Gasteiger partial charge in [0.2, 0.25) is 0 Å². The van der Waals surface area contributed by atoms with Gasteiger partial charge in [0.1, 0.15) is 5.75 Å². The molecule has 1 aromatic carbocycles. The van der Waals surface area contributed by atoms with E-state index in [1.54, 1.807) is 6.07 Å². The number of aromatic hydroxyl groups is 1. The summed E-state index contributed by atoms with van der Waals surface area (Å²) in [6.07, 6.45) is 0. The van der Waals surface area contributed by atoms with E-state index in [0.29, 0.717) is 5.75 Å². The predicted molar refractivity (Wildman–Crippen MR) is 64.4 cm³/mol. The highest BCUT2D eigenvalue weighted by Gasteiger charge is 2.17. The van der Waals surface area contributed by atoms with Crippen LogP contribution in [0, 0.1) is 3.57 Å². The number of halogens is 1. The number of phenolic OH excluding ortho intramolecular Hbond substituents is 1. The Labute approximate surface area is 97.0 Å². The van der Waals surface area contributed by atoms with E-state index in [-0.39, 0.29) is 6.04 Å². The average Bonchev–Trinajstić information content (AvgIpc) is 2.23. The first kappa shape index (κ1) is 10.2. The molecule has 0 aromatic heterocycles. The minimum absolute atomic E-state index is 0.235.